The van der Waals surface area contributed by atoms with Gasteiger partial charge in [-0.3, -0.25) is 5.73 Å². The highest BCUT2D eigenvalue weighted by atomic mass is 16.5. The average Bonchev–Trinajstić information content (AvgIpc) is 2.13. The molecule has 0 spiro atoms. The molecule has 1 aromatic rings. The first-order valence-electron chi connectivity index (χ1n) is 3.73. The van der Waals surface area contributed by atoms with Crippen molar-refractivity contribution in [3.8, 4) is 5.75 Å². The van der Waals surface area contributed by atoms with Crippen molar-refractivity contribution in [3.05, 3.63) is 43.0 Å². The molecule has 0 heterocycles. The molecule has 2 heteroatoms. The fraction of sp³-hybridized carbons (Fsp3) is 0.200. The van der Waals surface area contributed by atoms with Crippen LogP contribution in [0.3, 0.4) is 0 Å². The van der Waals surface area contributed by atoms with E-state index in [1.807, 2.05) is 31.2 Å². The summed E-state index contributed by atoms with van der Waals surface area (Å²) >= 11 is 0. The van der Waals surface area contributed by atoms with E-state index in [2.05, 4.69) is 13.2 Å². The van der Waals surface area contributed by atoms with E-state index >= 15 is 0 Å². The van der Waals surface area contributed by atoms with Crippen LogP contribution >= 0.6 is 0 Å². The number of aryl methyl sites for hydroxylation is 1. The molecule has 0 bridgehead atoms. The number of hydrogen-bond donors (Lipinski definition) is 1. The topological polar surface area (TPSA) is 35.2 Å². The molecule has 0 radical (unpaired) electrons. The van der Waals surface area contributed by atoms with Crippen LogP contribution in [0, 0.1) is 6.92 Å². The number of nitrogens with two attached hydrogens (primary N) is 1. The second-order valence-electron chi connectivity index (χ2n) is 2.08. The summed E-state index contributed by atoms with van der Waals surface area (Å²) in [6.45, 7) is 8.23. The maximum Gasteiger partial charge on any atom is 0.137 e. The highest BCUT2D eigenvalue weighted by molar-refractivity contribution is 5.31. The minimum Gasteiger partial charge on any atom is -0.478 e. The Balaban J connectivity index is 0.000000561. The van der Waals surface area contributed by atoms with Crippen LogP contribution in [-0.4, -0.2) is 6.73 Å². The molecule has 0 saturated carbocycles. The van der Waals surface area contributed by atoms with Crippen LogP contribution in [0.15, 0.2) is 37.4 Å². The van der Waals surface area contributed by atoms with Crippen LogP contribution < -0.4 is 10.5 Å². The van der Waals surface area contributed by atoms with Gasteiger partial charge in [0, 0.05) is 0 Å². The van der Waals surface area contributed by atoms with E-state index in [0.717, 1.165) is 11.3 Å². The van der Waals surface area contributed by atoms with Gasteiger partial charge in [0.15, 0.2) is 0 Å². The lowest BCUT2D eigenvalue weighted by Gasteiger charge is -2.04. The number of para-hydroxylation sites is 1. The SMILES string of the molecule is C=C.Cc1ccccc1OCN. The fourth-order valence-corrected chi connectivity index (χ4v) is 0.808. The van der Waals surface area contributed by atoms with Gasteiger partial charge in [0.2, 0.25) is 0 Å². The summed E-state index contributed by atoms with van der Waals surface area (Å²) in [5.74, 6) is 0.866. The van der Waals surface area contributed by atoms with Gasteiger partial charge in [-0.15, -0.1) is 13.2 Å². The molecule has 0 unspecified atom stereocenters. The molecule has 0 fully saturated rings. The number of benzene rings is 1. The van der Waals surface area contributed by atoms with Crippen LogP contribution in [0.1, 0.15) is 5.56 Å². The third-order valence-corrected chi connectivity index (χ3v) is 1.33. The Morgan fingerprint density at radius 3 is 2.42 bits per heavy atom. The van der Waals surface area contributed by atoms with Gasteiger partial charge in [0.05, 0.1) is 0 Å². The molecule has 0 amide bonds. The highest BCUT2D eigenvalue weighted by Crippen LogP contribution is 2.14. The lowest BCUT2D eigenvalue weighted by Crippen LogP contribution is -2.07. The van der Waals surface area contributed by atoms with Crippen LogP contribution in [0.2, 0.25) is 0 Å². The Morgan fingerprint density at radius 1 is 1.33 bits per heavy atom. The Kier molecular flexibility index (Phi) is 5.75. The first-order chi connectivity index (χ1) is 5.84. The van der Waals surface area contributed by atoms with E-state index in [-0.39, 0.29) is 6.73 Å². The molecule has 0 aliphatic carbocycles. The van der Waals surface area contributed by atoms with Gasteiger partial charge in [-0.05, 0) is 18.6 Å². The number of hydrogen-bond acceptors (Lipinski definition) is 2. The monoisotopic (exact) mass is 165 g/mol. The first kappa shape index (κ1) is 10.7. The Bertz CT molecular complexity index is 223. The maximum absolute atomic E-state index is 5.21. The largest absolute Gasteiger partial charge is 0.478 e. The van der Waals surface area contributed by atoms with Gasteiger partial charge in [0.25, 0.3) is 0 Å². The van der Waals surface area contributed by atoms with E-state index in [4.69, 9.17) is 10.5 Å². The summed E-state index contributed by atoms with van der Waals surface area (Å²) in [5, 5.41) is 0. The molecule has 0 aliphatic heterocycles. The van der Waals surface area contributed by atoms with Crippen LogP contribution in [-0.2, 0) is 0 Å². The first-order valence-corrected chi connectivity index (χ1v) is 3.73. The zero-order chi connectivity index (χ0) is 9.40. The zero-order valence-electron chi connectivity index (χ0n) is 7.42. The van der Waals surface area contributed by atoms with Crippen molar-refractivity contribution in [2.24, 2.45) is 5.73 Å². The molecule has 2 N–H and O–H groups in total. The van der Waals surface area contributed by atoms with Gasteiger partial charge >= 0.3 is 0 Å². The van der Waals surface area contributed by atoms with Gasteiger partial charge < -0.3 is 4.74 Å². The number of rotatable bonds is 2. The predicted octanol–water partition coefficient (Wildman–Crippen LogP) is 2.09. The lowest BCUT2D eigenvalue weighted by atomic mass is 10.2. The predicted molar refractivity (Wildman–Crippen MR) is 52.1 cm³/mol. The van der Waals surface area contributed by atoms with Gasteiger partial charge in [-0.25, -0.2) is 0 Å². The van der Waals surface area contributed by atoms with Crippen LogP contribution in [0.4, 0.5) is 0 Å². The zero-order valence-corrected chi connectivity index (χ0v) is 7.42. The Hall–Kier alpha value is -1.28. The van der Waals surface area contributed by atoms with E-state index < -0.39 is 0 Å². The molecular formula is C10H15NO. The molecule has 1 rings (SSSR count). The summed E-state index contributed by atoms with van der Waals surface area (Å²) in [6, 6.07) is 7.80. The Morgan fingerprint density at radius 2 is 1.92 bits per heavy atom. The van der Waals surface area contributed by atoms with Crippen molar-refractivity contribution in [3.63, 3.8) is 0 Å². The Labute approximate surface area is 73.7 Å². The second kappa shape index (κ2) is 6.43. The van der Waals surface area contributed by atoms with E-state index in [1.165, 1.54) is 0 Å². The average molecular weight is 165 g/mol. The molecule has 66 valence electrons. The van der Waals surface area contributed by atoms with Crippen molar-refractivity contribution in [1.82, 2.24) is 0 Å². The van der Waals surface area contributed by atoms with Crippen molar-refractivity contribution in [2.75, 3.05) is 6.73 Å². The highest BCUT2D eigenvalue weighted by Gasteiger charge is 1.93. The molecule has 2 nitrogen and oxygen atoms in total. The molecule has 0 saturated heterocycles. The van der Waals surface area contributed by atoms with E-state index in [9.17, 15) is 0 Å². The number of ether oxygens (including phenoxy) is 1. The smallest absolute Gasteiger partial charge is 0.137 e. The molecule has 0 atom stereocenters. The maximum atomic E-state index is 5.21. The summed E-state index contributed by atoms with van der Waals surface area (Å²) in [5.41, 5.74) is 6.33. The van der Waals surface area contributed by atoms with Crippen molar-refractivity contribution in [1.29, 1.82) is 0 Å². The van der Waals surface area contributed by atoms with E-state index in [1.54, 1.807) is 0 Å². The normalized spacial score (nSPS) is 8.17. The van der Waals surface area contributed by atoms with Crippen molar-refractivity contribution >= 4 is 0 Å². The van der Waals surface area contributed by atoms with Crippen molar-refractivity contribution < 1.29 is 4.74 Å². The molecular weight excluding hydrogens is 150 g/mol. The fourth-order valence-electron chi connectivity index (χ4n) is 0.808. The van der Waals surface area contributed by atoms with Crippen LogP contribution in [0.25, 0.3) is 0 Å². The standard InChI is InChI=1S/C8H11NO.C2H4/c1-7-4-2-3-5-8(7)10-6-9;1-2/h2-5H,6,9H2,1H3;1-2H2. The van der Waals surface area contributed by atoms with E-state index in [0.29, 0.717) is 0 Å². The minimum atomic E-state index is 0.241. The van der Waals surface area contributed by atoms with Crippen LogP contribution in [0.5, 0.6) is 5.75 Å². The summed E-state index contributed by atoms with van der Waals surface area (Å²) in [6.07, 6.45) is 0. The lowest BCUT2D eigenvalue weighted by molar-refractivity contribution is 0.327. The van der Waals surface area contributed by atoms with Gasteiger partial charge in [0.1, 0.15) is 12.5 Å². The molecule has 1 aromatic carbocycles. The quantitative estimate of drug-likeness (QED) is 0.538. The third-order valence-electron chi connectivity index (χ3n) is 1.33. The molecule has 0 aromatic heterocycles. The van der Waals surface area contributed by atoms with Gasteiger partial charge in [-0.1, -0.05) is 18.2 Å². The third kappa shape index (κ3) is 3.21. The summed E-state index contributed by atoms with van der Waals surface area (Å²) in [7, 11) is 0. The van der Waals surface area contributed by atoms with Crippen molar-refractivity contribution in [2.45, 2.75) is 6.92 Å². The minimum absolute atomic E-state index is 0.241. The molecule has 12 heavy (non-hydrogen) atoms. The summed E-state index contributed by atoms with van der Waals surface area (Å²) in [4.78, 5) is 0. The van der Waals surface area contributed by atoms with Gasteiger partial charge in [-0.2, -0.15) is 0 Å². The summed E-state index contributed by atoms with van der Waals surface area (Å²) < 4.78 is 5.11. The molecule has 0 aliphatic rings. The second-order valence-corrected chi connectivity index (χ2v) is 2.08.